The molecule has 1 saturated heterocycles. The van der Waals surface area contributed by atoms with E-state index in [1.165, 1.54) is 38.3 Å². The summed E-state index contributed by atoms with van der Waals surface area (Å²) in [5.74, 6) is 4.11. The lowest BCUT2D eigenvalue weighted by molar-refractivity contribution is -0.384. The third-order valence-electron chi connectivity index (χ3n) is 7.03. The predicted octanol–water partition coefficient (Wildman–Crippen LogP) is 4.40. The zero-order valence-electron chi connectivity index (χ0n) is 24.9. The van der Waals surface area contributed by atoms with E-state index >= 15 is 0 Å². The van der Waals surface area contributed by atoms with Crippen LogP contribution in [0.15, 0.2) is 84.9 Å². The van der Waals surface area contributed by atoms with Crippen molar-refractivity contribution in [3.8, 4) is 11.8 Å². The summed E-state index contributed by atoms with van der Waals surface area (Å²) >= 11 is 0. The molecular formula is C34H35NO10. The zero-order valence-corrected chi connectivity index (χ0v) is 24.9. The summed E-state index contributed by atoms with van der Waals surface area (Å²) in [6.45, 7) is 1.87. The number of hydrogen-bond acceptors (Lipinski definition) is 10. The van der Waals surface area contributed by atoms with Crippen LogP contribution in [0.5, 0.6) is 0 Å². The van der Waals surface area contributed by atoms with Crippen LogP contribution in [0.2, 0.25) is 0 Å². The molecule has 236 valence electrons. The number of nitro benzene ring substituents is 1. The van der Waals surface area contributed by atoms with Crippen LogP contribution in [-0.4, -0.2) is 65.7 Å². The lowest BCUT2D eigenvalue weighted by Gasteiger charge is -2.43. The normalized spacial score (nSPS) is 20.6. The molecule has 1 heterocycles. The summed E-state index contributed by atoms with van der Waals surface area (Å²) in [4.78, 5) is 36.1. The Morgan fingerprint density at radius 1 is 0.956 bits per heavy atom. The molecule has 1 aliphatic rings. The van der Waals surface area contributed by atoms with Crippen LogP contribution < -0.4 is 0 Å². The van der Waals surface area contributed by atoms with Crippen LogP contribution in [0, 0.1) is 22.0 Å². The highest BCUT2D eigenvalue weighted by Crippen LogP contribution is 2.32. The number of aliphatic hydroxyl groups is 1. The van der Waals surface area contributed by atoms with Crippen molar-refractivity contribution in [1.29, 1.82) is 0 Å². The van der Waals surface area contributed by atoms with Gasteiger partial charge in [-0.15, -0.1) is 0 Å². The molecule has 0 aromatic heterocycles. The summed E-state index contributed by atoms with van der Waals surface area (Å²) in [7, 11) is 1.28. The molecular weight excluding hydrogens is 582 g/mol. The summed E-state index contributed by atoms with van der Waals surface area (Å²) in [5.41, 5.74) is 1.65. The molecule has 11 nitrogen and oxygen atoms in total. The van der Waals surface area contributed by atoms with E-state index < -0.39 is 53.5 Å². The molecule has 0 amide bonds. The van der Waals surface area contributed by atoms with Gasteiger partial charge in [-0.25, -0.2) is 4.79 Å². The topological polar surface area (TPSA) is 144 Å². The van der Waals surface area contributed by atoms with Gasteiger partial charge < -0.3 is 28.8 Å². The summed E-state index contributed by atoms with van der Waals surface area (Å²) < 4.78 is 29.9. The van der Waals surface area contributed by atoms with Gasteiger partial charge in [0.25, 0.3) is 5.69 Å². The van der Waals surface area contributed by atoms with Gasteiger partial charge in [0.2, 0.25) is 0 Å². The minimum Gasteiger partial charge on any atom is -0.469 e. The highest BCUT2D eigenvalue weighted by atomic mass is 16.6. The quantitative estimate of drug-likeness (QED) is 0.134. The molecule has 11 heteroatoms. The van der Waals surface area contributed by atoms with E-state index in [2.05, 4.69) is 11.8 Å². The van der Waals surface area contributed by atoms with Crippen LogP contribution in [0.1, 0.15) is 41.3 Å². The molecule has 3 aromatic rings. The second-order valence-electron chi connectivity index (χ2n) is 10.4. The molecule has 1 N–H and O–H groups in total. The van der Waals surface area contributed by atoms with E-state index in [-0.39, 0.29) is 37.3 Å². The van der Waals surface area contributed by atoms with Gasteiger partial charge in [-0.1, -0.05) is 72.5 Å². The van der Waals surface area contributed by atoms with E-state index in [1.54, 1.807) is 0 Å². The van der Waals surface area contributed by atoms with Crippen LogP contribution in [0.25, 0.3) is 0 Å². The molecule has 1 fully saturated rings. The second-order valence-corrected chi connectivity index (χ2v) is 10.4. The number of non-ortho nitro benzene ring substituents is 1. The predicted molar refractivity (Wildman–Crippen MR) is 162 cm³/mol. The molecule has 4 rings (SSSR count). The Balaban J connectivity index is 1.69. The number of benzene rings is 3. The van der Waals surface area contributed by atoms with Crippen molar-refractivity contribution in [2.75, 3.05) is 7.11 Å². The zero-order chi connectivity index (χ0) is 32.2. The molecule has 3 aromatic carbocycles. The number of nitrogens with zero attached hydrogens (tertiary/aromatic N) is 1. The van der Waals surface area contributed by atoms with Crippen LogP contribution >= 0.6 is 0 Å². The van der Waals surface area contributed by atoms with Gasteiger partial charge in [-0.3, -0.25) is 14.9 Å². The Labute approximate surface area is 261 Å². The Morgan fingerprint density at radius 3 is 2.11 bits per heavy atom. The molecule has 0 saturated carbocycles. The maximum absolute atomic E-state index is 13.3. The number of carbonyl (C=O) groups is 2. The lowest BCUT2D eigenvalue weighted by Crippen LogP contribution is -2.56. The van der Waals surface area contributed by atoms with E-state index in [4.69, 9.17) is 23.7 Å². The molecule has 0 spiro atoms. The van der Waals surface area contributed by atoms with E-state index in [9.17, 15) is 24.8 Å². The Morgan fingerprint density at radius 2 is 1.56 bits per heavy atom. The van der Waals surface area contributed by atoms with Crippen molar-refractivity contribution in [3.63, 3.8) is 0 Å². The van der Waals surface area contributed by atoms with E-state index in [0.29, 0.717) is 0 Å². The number of ether oxygens (including phenoxy) is 5. The number of aliphatic hydroxyl groups excluding tert-OH is 1. The molecule has 0 aliphatic carbocycles. The standard InChI is InChI=1S/C34H35NO10/c1-23(36)13-18-29(45-34(38)26-14-16-27(17-15-26)35(39)40)33-32(43-22-25-11-7-4-8-12-25)30(19-28(44-33)20-31(37)41-2)42-21-24-9-5-3-6-10-24/h3-12,14-17,23,28-30,32-33,36H,19-22H2,1-2H3/t23-,28+,29-,30+,32-,33+/m1/s1. The molecule has 45 heavy (non-hydrogen) atoms. The highest BCUT2D eigenvalue weighted by molar-refractivity contribution is 5.90. The van der Waals surface area contributed by atoms with Crippen molar-refractivity contribution in [1.82, 2.24) is 0 Å². The van der Waals surface area contributed by atoms with Crippen molar-refractivity contribution in [2.24, 2.45) is 0 Å². The number of hydrogen-bond donors (Lipinski definition) is 1. The maximum Gasteiger partial charge on any atom is 0.339 e. The SMILES string of the molecule is COC(=O)C[C@@H]1C[C@H](OCc2ccccc2)[C@@H](OCc2ccccc2)[C@H]([C@@H](C#C[C@@H](C)O)OC(=O)c2ccc([N+](=O)[O-])cc2)O1. The maximum atomic E-state index is 13.3. The first kappa shape index (κ1) is 33.3. The molecule has 0 unspecified atom stereocenters. The van der Waals surface area contributed by atoms with Crippen molar-refractivity contribution < 1.29 is 43.3 Å². The van der Waals surface area contributed by atoms with Crippen LogP contribution in [-0.2, 0) is 41.7 Å². The van der Waals surface area contributed by atoms with Crippen molar-refractivity contribution >= 4 is 17.6 Å². The fourth-order valence-corrected chi connectivity index (χ4v) is 4.80. The third-order valence-corrected chi connectivity index (χ3v) is 7.03. The fraction of sp³-hybridized carbons (Fsp3) is 0.353. The first-order valence-electron chi connectivity index (χ1n) is 14.4. The van der Waals surface area contributed by atoms with Gasteiger partial charge in [0.05, 0.1) is 49.4 Å². The highest BCUT2D eigenvalue weighted by Gasteiger charge is 2.46. The molecule has 0 radical (unpaired) electrons. The number of nitro groups is 1. The van der Waals surface area contributed by atoms with Gasteiger partial charge >= 0.3 is 11.9 Å². The summed E-state index contributed by atoms with van der Waals surface area (Å²) in [5, 5.41) is 21.1. The Hall–Kier alpha value is -4.60. The van der Waals surface area contributed by atoms with Gasteiger partial charge in [0, 0.05) is 18.6 Å². The van der Waals surface area contributed by atoms with Crippen LogP contribution in [0.3, 0.4) is 0 Å². The minimum absolute atomic E-state index is 0.0463. The first-order chi connectivity index (χ1) is 21.7. The van der Waals surface area contributed by atoms with Crippen molar-refractivity contribution in [2.45, 2.75) is 69.6 Å². The van der Waals surface area contributed by atoms with Gasteiger partial charge in [-0.05, 0) is 30.2 Å². The molecule has 0 bridgehead atoms. The lowest BCUT2D eigenvalue weighted by atomic mass is 9.92. The van der Waals surface area contributed by atoms with Crippen LogP contribution in [0.4, 0.5) is 5.69 Å². The smallest absolute Gasteiger partial charge is 0.339 e. The van der Waals surface area contributed by atoms with E-state index in [0.717, 1.165) is 11.1 Å². The second kappa shape index (κ2) is 16.5. The van der Waals surface area contributed by atoms with E-state index in [1.807, 2.05) is 60.7 Å². The monoisotopic (exact) mass is 617 g/mol. The summed E-state index contributed by atoms with van der Waals surface area (Å²) in [6, 6.07) is 23.9. The number of methoxy groups -OCH3 is 1. The number of esters is 2. The number of carbonyl (C=O) groups excluding carboxylic acids is 2. The first-order valence-corrected chi connectivity index (χ1v) is 14.4. The number of rotatable bonds is 12. The van der Waals surface area contributed by atoms with Crippen molar-refractivity contribution in [3.05, 3.63) is 112 Å². The third kappa shape index (κ3) is 9.96. The Bertz CT molecular complexity index is 1470. The average molecular weight is 618 g/mol. The Kier molecular flexibility index (Phi) is 12.2. The minimum atomic E-state index is -1.29. The molecule has 1 aliphatic heterocycles. The van der Waals surface area contributed by atoms with Gasteiger partial charge in [-0.2, -0.15) is 0 Å². The average Bonchev–Trinajstić information content (AvgIpc) is 3.05. The summed E-state index contributed by atoms with van der Waals surface area (Å²) in [6.07, 6.45) is -5.40. The van der Waals surface area contributed by atoms with Gasteiger partial charge in [0.1, 0.15) is 18.3 Å². The molecule has 6 atom stereocenters. The largest absolute Gasteiger partial charge is 0.469 e. The fourth-order valence-electron chi connectivity index (χ4n) is 4.80. The van der Waals surface area contributed by atoms with Gasteiger partial charge in [0.15, 0.2) is 6.10 Å².